The molecule has 2 aromatic rings. The van der Waals surface area contributed by atoms with E-state index in [0.717, 1.165) is 25.9 Å². The van der Waals surface area contributed by atoms with Gasteiger partial charge in [0.1, 0.15) is 0 Å². The monoisotopic (exact) mass is 471 g/mol. The van der Waals surface area contributed by atoms with E-state index in [1.807, 2.05) is 32.7 Å². The molecule has 1 saturated heterocycles. The molecule has 0 aromatic carbocycles. The van der Waals surface area contributed by atoms with Crippen LogP contribution in [0.3, 0.4) is 0 Å². The Morgan fingerprint density at radius 3 is 2.62 bits per heavy atom. The molecule has 1 aliphatic carbocycles. The lowest BCUT2D eigenvalue weighted by molar-refractivity contribution is -0.686. The number of H-pyrrole nitrogens is 1. The van der Waals surface area contributed by atoms with E-state index < -0.39 is 11.5 Å². The van der Waals surface area contributed by atoms with Gasteiger partial charge in [-0.2, -0.15) is 4.57 Å². The fraction of sp³-hybridized carbons (Fsp3) is 0.583. The predicted octanol–water partition coefficient (Wildman–Crippen LogP) is 0.653. The molecule has 184 valence electrons. The second-order valence-electron chi connectivity index (χ2n) is 10.0. The summed E-state index contributed by atoms with van der Waals surface area (Å²) in [6, 6.07) is 0.155. The number of hydrogen-bond acceptors (Lipinski definition) is 5. The minimum Gasteiger partial charge on any atom is -0.477 e. The number of nitrogens with one attached hydrogen (secondary N) is 2. The number of likely N-dealkylation sites (N-methyl/N-ethyl adjacent to an activating group) is 1. The van der Waals surface area contributed by atoms with Crippen molar-refractivity contribution in [2.75, 3.05) is 26.7 Å². The summed E-state index contributed by atoms with van der Waals surface area (Å²) in [5.41, 5.74) is 0.810. The highest BCUT2D eigenvalue weighted by molar-refractivity contribution is 5.96. The maximum atomic E-state index is 13.2. The Hall–Kier alpha value is -3.14. The lowest BCUT2D eigenvalue weighted by atomic mass is 10.1. The number of carbonyl (C=O) groups excluding carboxylic acids is 2. The summed E-state index contributed by atoms with van der Waals surface area (Å²) in [4.78, 5) is 43.0. The summed E-state index contributed by atoms with van der Waals surface area (Å²) in [5.74, 6) is -0.886. The molecule has 0 spiro atoms. The van der Waals surface area contributed by atoms with E-state index in [9.17, 15) is 19.5 Å². The van der Waals surface area contributed by atoms with Crippen molar-refractivity contribution in [2.45, 2.75) is 59.2 Å². The van der Waals surface area contributed by atoms with Crippen LogP contribution in [0.4, 0.5) is 0 Å². The van der Waals surface area contributed by atoms with Gasteiger partial charge in [0.05, 0.1) is 17.8 Å². The first-order valence-electron chi connectivity index (χ1n) is 12.0. The van der Waals surface area contributed by atoms with Gasteiger partial charge in [0.15, 0.2) is 0 Å². The quantitative estimate of drug-likeness (QED) is 0.423. The fourth-order valence-electron chi connectivity index (χ4n) is 4.56. The van der Waals surface area contributed by atoms with Gasteiger partial charge in [-0.1, -0.05) is 18.4 Å². The second-order valence-corrected chi connectivity index (χ2v) is 10.0. The van der Waals surface area contributed by atoms with E-state index >= 15 is 0 Å². The molecule has 1 aliphatic heterocycles. The number of fused-ring (bicyclic) bond motifs is 1. The van der Waals surface area contributed by atoms with Gasteiger partial charge in [-0.25, -0.2) is 9.89 Å². The zero-order valence-electron chi connectivity index (χ0n) is 20.6. The number of amides is 2. The molecular formula is C24H35N6O4+. The maximum Gasteiger partial charge on any atom is 0.378 e. The Morgan fingerprint density at radius 1 is 1.29 bits per heavy atom. The van der Waals surface area contributed by atoms with Crippen LogP contribution in [0.25, 0.3) is 11.7 Å². The predicted molar refractivity (Wildman–Crippen MR) is 128 cm³/mol. The maximum absolute atomic E-state index is 13.2. The minimum atomic E-state index is -0.618. The molecule has 1 saturated carbocycles. The van der Waals surface area contributed by atoms with Gasteiger partial charge >= 0.3 is 17.1 Å². The van der Waals surface area contributed by atoms with Gasteiger partial charge < -0.3 is 20.2 Å². The van der Waals surface area contributed by atoms with Crippen molar-refractivity contribution < 1.29 is 19.3 Å². The first kappa shape index (κ1) is 24.0. The lowest BCUT2D eigenvalue weighted by Crippen LogP contribution is -2.52. The molecule has 3 N–H and O–H groups in total. The first-order chi connectivity index (χ1) is 16.1. The van der Waals surface area contributed by atoms with Gasteiger partial charge in [0.2, 0.25) is 11.5 Å². The van der Waals surface area contributed by atoms with Crippen LogP contribution < -0.4 is 15.4 Å². The van der Waals surface area contributed by atoms with Crippen molar-refractivity contribution in [1.82, 2.24) is 24.7 Å². The Bertz CT molecular complexity index is 1210. The number of rotatable bonds is 6. The van der Waals surface area contributed by atoms with Crippen LogP contribution in [0, 0.1) is 12.8 Å². The van der Waals surface area contributed by atoms with Crippen LogP contribution in [0.1, 0.15) is 55.2 Å². The fourth-order valence-corrected chi connectivity index (χ4v) is 4.56. The van der Waals surface area contributed by atoms with Crippen molar-refractivity contribution in [3.63, 3.8) is 0 Å². The Morgan fingerprint density at radius 2 is 2.00 bits per heavy atom. The molecule has 3 heterocycles. The van der Waals surface area contributed by atoms with Crippen molar-refractivity contribution in [1.29, 1.82) is 0 Å². The summed E-state index contributed by atoms with van der Waals surface area (Å²) >= 11 is 0. The average molecular weight is 472 g/mol. The number of nitrogens with zero attached hydrogens (tertiary/aromatic N) is 4. The van der Waals surface area contributed by atoms with Crippen LogP contribution >= 0.6 is 0 Å². The summed E-state index contributed by atoms with van der Waals surface area (Å²) in [7, 11) is 2.04. The van der Waals surface area contributed by atoms with Gasteiger partial charge in [0.25, 0.3) is 5.91 Å². The van der Waals surface area contributed by atoms with Crippen molar-refractivity contribution in [3.8, 4) is 5.88 Å². The third-order valence-electron chi connectivity index (χ3n) is 6.48. The van der Waals surface area contributed by atoms with Gasteiger partial charge in [-0.3, -0.25) is 9.59 Å². The standard InChI is InChI=1S/C24H34N6O4/c1-14(2)12-29-22-18(8-9-19(31)28-11-10-27(5)13-15(28)3)16(4)26-30(22)24(34)20(23(29)33)21(32)25-17-6-7-17/h8-9,14-15,17H,6-7,10-13H2,1-5H3,(H2,25,32,33,34)/p+1/b9-8+/t15-/m0/s1. The summed E-state index contributed by atoms with van der Waals surface area (Å²) in [6.45, 7) is 10.5. The van der Waals surface area contributed by atoms with Crippen LogP contribution in [0.5, 0.6) is 5.88 Å². The molecule has 0 bridgehead atoms. The molecule has 2 amide bonds. The Balaban J connectivity index is 1.78. The summed E-state index contributed by atoms with van der Waals surface area (Å²) < 4.78 is 2.88. The van der Waals surface area contributed by atoms with E-state index in [-0.39, 0.29) is 35.4 Å². The number of aromatic nitrogens is 3. The molecule has 0 unspecified atom stereocenters. The number of piperazine rings is 1. The molecule has 10 nitrogen and oxygen atoms in total. The molecule has 2 fully saturated rings. The highest BCUT2D eigenvalue weighted by Gasteiger charge is 2.35. The normalized spacial score (nSPS) is 19.5. The molecular weight excluding hydrogens is 436 g/mol. The van der Waals surface area contributed by atoms with Crippen LogP contribution in [-0.2, 0) is 11.3 Å². The number of aromatic hydroxyl groups is 1. The van der Waals surface area contributed by atoms with Crippen molar-refractivity contribution >= 4 is 23.5 Å². The van der Waals surface area contributed by atoms with Crippen molar-refractivity contribution in [2.24, 2.45) is 5.92 Å². The van der Waals surface area contributed by atoms with Crippen LogP contribution in [-0.4, -0.2) is 75.1 Å². The third kappa shape index (κ3) is 4.59. The Labute approximate surface area is 198 Å². The molecule has 2 aliphatic rings. The number of hydrogen-bond donors (Lipinski definition) is 3. The molecule has 34 heavy (non-hydrogen) atoms. The van der Waals surface area contributed by atoms with Crippen LogP contribution in [0.2, 0.25) is 0 Å². The molecule has 0 radical (unpaired) electrons. The second kappa shape index (κ2) is 9.25. The van der Waals surface area contributed by atoms with E-state index in [1.165, 1.54) is 10.6 Å². The van der Waals surface area contributed by atoms with E-state index in [2.05, 4.69) is 15.3 Å². The lowest BCUT2D eigenvalue weighted by Gasteiger charge is -2.37. The minimum absolute atomic E-state index is 0.0531. The molecule has 4 rings (SSSR count). The van der Waals surface area contributed by atoms with Crippen LogP contribution in [0.15, 0.2) is 10.9 Å². The zero-order valence-corrected chi connectivity index (χ0v) is 20.6. The summed E-state index contributed by atoms with van der Waals surface area (Å²) in [6.07, 6.45) is 4.96. The first-order valence-corrected chi connectivity index (χ1v) is 12.0. The number of carbonyl (C=O) groups is 2. The Kier molecular flexibility index (Phi) is 6.53. The summed E-state index contributed by atoms with van der Waals surface area (Å²) in [5, 5.41) is 16.9. The SMILES string of the molecule is Cc1[nH]n2c(=O)c(C(=O)NC3CC3)c(O)[n+](CC(C)C)c2c1/C=C/C(=O)N1CCN(C)C[C@@H]1C. The van der Waals surface area contributed by atoms with Gasteiger partial charge in [-0.15, -0.1) is 0 Å². The zero-order chi connectivity index (χ0) is 24.7. The smallest absolute Gasteiger partial charge is 0.378 e. The highest BCUT2D eigenvalue weighted by atomic mass is 16.3. The molecule has 1 atom stereocenters. The van der Waals surface area contributed by atoms with Crippen molar-refractivity contribution in [3.05, 3.63) is 33.3 Å². The topological polar surface area (TPSA) is 114 Å². The number of aromatic amines is 1. The van der Waals surface area contributed by atoms with E-state index in [4.69, 9.17) is 0 Å². The third-order valence-corrected chi connectivity index (χ3v) is 6.48. The van der Waals surface area contributed by atoms with Gasteiger partial charge in [-0.05, 0) is 45.7 Å². The molecule has 2 aromatic heterocycles. The molecule has 10 heteroatoms. The van der Waals surface area contributed by atoms with Gasteiger partial charge in [0, 0.05) is 37.8 Å². The largest absolute Gasteiger partial charge is 0.477 e. The number of aryl methyl sites for hydroxylation is 1. The highest BCUT2D eigenvalue weighted by Crippen LogP contribution is 2.22. The van der Waals surface area contributed by atoms with E-state index in [1.54, 1.807) is 17.6 Å². The van der Waals surface area contributed by atoms with E-state index in [0.29, 0.717) is 30.0 Å². The average Bonchev–Trinajstić information content (AvgIpc) is 3.50.